The van der Waals surface area contributed by atoms with Gasteiger partial charge in [0.2, 0.25) is 5.91 Å². The van der Waals surface area contributed by atoms with Gasteiger partial charge in [-0.15, -0.1) is 0 Å². The van der Waals surface area contributed by atoms with E-state index in [1.807, 2.05) is 6.92 Å². The number of Topliss-reactive ketones (excluding diaryl/α,β-unsaturated/α-hetero) is 1. The Hall–Kier alpha value is -0.500. The molecule has 0 aliphatic rings. The lowest BCUT2D eigenvalue weighted by Gasteiger charge is -2.30. The normalized spacial score (nSPS) is 11.3. The van der Waals surface area contributed by atoms with E-state index in [1.165, 1.54) is 77.3 Å². The number of unbranched alkanes of at least 4 members (excludes halogenated alkanes) is 10. The Balaban J connectivity index is -0.00000612. The zero-order chi connectivity index (χ0) is 27.5. The second-order valence-electron chi connectivity index (χ2n) is 12.4. The molecule has 0 aliphatic carbocycles. The average molecular weight is 668 g/mol. The number of ketones is 1. The van der Waals surface area contributed by atoms with E-state index < -0.39 is 0 Å². The fourth-order valence-corrected chi connectivity index (χ4v) is 4.62. The van der Waals surface area contributed by atoms with Crippen LogP contribution in [0.1, 0.15) is 104 Å². The van der Waals surface area contributed by atoms with Gasteiger partial charge in [0.15, 0.2) is 5.78 Å². The van der Waals surface area contributed by atoms with Crippen molar-refractivity contribution in [3.63, 3.8) is 0 Å². The van der Waals surface area contributed by atoms with E-state index in [1.54, 1.807) is 6.92 Å². The van der Waals surface area contributed by atoms with E-state index in [0.29, 0.717) is 17.6 Å². The van der Waals surface area contributed by atoms with Crippen LogP contribution in [0.4, 0.5) is 0 Å². The van der Waals surface area contributed by atoms with Crippen LogP contribution in [0.25, 0.3) is 0 Å². The fourth-order valence-electron chi connectivity index (χ4n) is 4.62. The highest BCUT2D eigenvalue weighted by Gasteiger charge is 2.15. The maximum absolute atomic E-state index is 11.6. The molecule has 0 aromatic carbocycles. The summed E-state index contributed by atoms with van der Waals surface area (Å²) < 4.78 is 2.11. The predicted molar refractivity (Wildman–Crippen MR) is 156 cm³/mol. The van der Waals surface area contributed by atoms with Crippen molar-refractivity contribution in [2.24, 2.45) is 0 Å². The summed E-state index contributed by atoms with van der Waals surface area (Å²) in [5, 5.41) is 2.93. The second-order valence-corrected chi connectivity index (χ2v) is 12.4. The van der Waals surface area contributed by atoms with Gasteiger partial charge in [0.05, 0.1) is 54.4 Å². The van der Waals surface area contributed by atoms with Crippen LogP contribution in [-0.4, -0.2) is 81.6 Å². The largest absolute Gasteiger partial charge is 1.00 e. The predicted octanol–water partition coefficient (Wildman–Crippen LogP) is 0.446. The molecule has 7 heteroatoms. The minimum Gasteiger partial charge on any atom is -1.00 e. The topological polar surface area (TPSA) is 46.2 Å². The lowest BCUT2D eigenvalue weighted by molar-refractivity contribution is -0.890. The van der Waals surface area contributed by atoms with Gasteiger partial charge in [0.1, 0.15) is 0 Å². The van der Waals surface area contributed by atoms with Crippen LogP contribution in [0.2, 0.25) is 0 Å². The van der Waals surface area contributed by atoms with E-state index >= 15 is 0 Å². The Labute approximate surface area is 257 Å². The summed E-state index contributed by atoms with van der Waals surface area (Å²) in [4.78, 5) is 23.2. The average Bonchev–Trinajstić information content (AvgIpc) is 2.79. The zero-order valence-electron chi connectivity index (χ0n) is 25.8. The summed E-state index contributed by atoms with van der Waals surface area (Å²) in [6.45, 7) is 16.4. The third-order valence-corrected chi connectivity index (χ3v) is 7.28. The van der Waals surface area contributed by atoms with Crippen LogP contribution in [0.3, 0.4) is 0 Å². The Bertz CT molecular complexity index is 608. The quantitative estimate of drug-likeness (QED) is 0.0925. The van der Waals surface area contributed by atoms with Crippen LogP contribution >= 0.6 is 0 Å². The van der Waals surface area contributed by atoms with Crippen molar-refractivity contribution in [1.82, 2.24) is 5.32 Å². The molecule has 0 unspecified atom stereocenters. The van der Waals surface area contributed by atoms with Gasteiger partial charge in [-0.1, -0.05) is 51.7 Å². The number of nitrogens with zero attached hydrogens (tertiary/aromatic N) is 2. The maximum atomic E-state index is 11.6. The molecule has 0 aromatic rings. The molecule has 0 fully saturated rings. The monoisotopic (exact) mass is 665 g/mol. The van der Waals surface area contributed by atoms with Crippen LogP contribution in [0.5, 0.6) is 0 Å². The molecule has 0 aromatic heterocycles. The number of carbonyl (C=O) groups excluding carboxylic acids is 2. The molecular formula is C31H61Br2N3O2. The van der Waals surface area contributed by atoms with E-state index in [2.05, 4.69) is 46.7 Å². The van der Waals surface area contributed by atoms with Gasteiger partial charge in [0, 0.05) is 25.0 Å². The highest BCUT2D eigenvalue weighted by Crippen LogP contribution is 2.14. The summed E-state index contributed by atoms with van der Waals surface area (Å²) in [6.07, 6.45) is 17.3. The van der Waals surface area contributed by atoms with Gasteiger partial charge in [-0.25, -0.2) is 0 Å². The molecule has 1 amide bonds. The Morgan fingerprint density at radius 1 is 0.553 bits per heavy atom. The molecule has 0 atom stereocenters. The van der Waals surface area contributed by atoms with Crippen molar-refractivity contribution in [3.8, 4) is 0 Å². The number of hydrogen-bond acceptors (Lipinski definition) is 2. The summed E-state index contributed by atoms with van der Waals surface area (Å²) in [7, 11) is 9.25. The van der Waals surface area contributed by atoms with Crippen LogP contribution in [0, 0.1) is 0 Å². The molecule has 1 N–H and O–H groups in total. The van der Waals surface area contributed by atoms with Gasteiger partial charge >= 0.3 is 0 Å². The molecule has 0 saturated heterocycles. The van der Waals surface area contributed by atoms with Crippen molar-refractivity contribution < 1.29 is 52.5 Å². The molecule has 226 valence electrons. The lowest BCUT2D eigenvalue weighted by atomic mass is 10.1. The van der Waals surface area contributed by atoms with E-state index in [-0.39, 0.29) is 45.7 Å². The summed E-state index contributed by atoms with van der Waals surface area (Å²) in [6, 6.07) is 0. The van der Waals surface area contributed by atoms with Crippen LogP contribution < -0.4 is 39.3 Å². The lowest BCUT2D eigenvalue weighted by Crippen LogP contribution is -3.00. The number of nitrogens with one attached hydrogen (secondary N) is 1. The van der Waals surface area contributed by atoms with Gasteiger partial charge < -0.3 is 48.2 Å². The Morgan fingerprint density at radius 3 is 1.26 bits per heavy atom. The molecule has 0 saturated carbocycles. The molecule has 0 spiro atoms. The molecule has 0 aliphatic heterocycles. The van der Waals surface area contributed by atoms with Crippen molar-refractivity contribution in [1.29, 1.82) is 0 Å². The number of quaternary nitrogens is 2. The first-order chi connectivity index (χ1) is 16.9. The maximum Gasteiger partial charge on any atom is 0.246 e. The molecule has 0 heterocycles. The minimum atomic E-state index is -0.0277. The first-order valence-corrected chi connectivity index (χ1v) is 14.6. The highest BCUT2D eigenvalue weighted by atomic mass is 79.9. The smallest absolute Gasteiger partial charge is 0.246 e. The standard InChI is InChI=1S/C31H60N3O2.2BrH/c1-28(2)30(35)22-17-20-26-33(5,6)24-18-15-13-11-9-10-12-14-16-19-25-34(7,8)27-21-23-32-31(36)29(3)4;;/h1,3,9-27H2,2,4-8H3;2*1H/q+1;;/p-1. The van der Waals surface area contributed by atoms with Gasteiger partial charge in [-0.2, -0.15) is 0 Å². The van der Waals surface area contributed by atoms with Crippen LogP contribution in [-0.2, 0) is 9.59 Å². The van der Waals surface area contributed by atoms with Gasteiger partial charge in [-0.3, -0.25) is 9.59 Å². The molecule has 0 radical (unpaired) electrons. The van der Waals surface area contributed by atoms with Crippen molar-refractivity contribution >= 4 is 11.7 Å². The van der Waals surface area contributed by atoms with E-state index in [0.717, 1.165) is 47.9 Å². The first-order valence-electron chi connectivity index (χ1n) is 14.6. The first kappa shape index (κ1) is 42.0. The third kappa shape index (κ3) is 25.8. The number of carbonyl (C=O) groups is 2. The zero-order valence-corrected chi connectivity index (χ0v) is 29.0. The number of amides is 1. The number of allylic oxidation sites excluding steroid dienone is 1. The van der Waals surface area contributed by atoms with E-state index in [4.69, 9.17) is 0 Å². The number of hydrogen-bond donors (Lipinski definition) is 1. The van der Waals surface area contributed by atoms with Gasteiger partial charge in [0.25, 0.3) is 0 Å². The summed E-state index contributed by atoms with van der Waals surface area (Å²) in [5.74, 6) is 0.193. The minimum absolute atomic E-state index is 0. The molecule has 0 bridgehead atoms. The summed E-state index contributed by atoms with van der Waals surface area (Å²) >= 11 is 0. The van der Waals surface area contributed by atoms with Crippen molar-refractivity contribution in [3.05, 3.63) is 24.3 Å². The highest BCUT2D eigenvalue weighted by molar-refractivity contribution is 5.94. The van der Waals surface area contributed by atoms with Crippen molar-refractivity contribution in [2.45, 2.75) is 104 Å². The molecule has 5 nitrogen and oxygen atoms in total. The second kappa shape index (κ2) is 24.3. The van der Waals surface area contributed by atoms with Crippen LogP contribution in [0.15, 0.2) is 24.3 Å². The molecular weight excluding hydrogens is 606 g/mol. The number of rotatable bonds is 24. The molecule has 38 heavy (non-hydrogen) atoms. The number of halogens is 2. The van der Waals surface area contributed by atoms with Gasteiger partial charge in [-0.05, 0) is 57.9 Å². The summed E-state index contributed by atoms with van der Waals surface area (Å²) in [5.41, 5.74) is 1.28. The van der Waals surface area contributed by atoms with E-state index in [9.17, 15) is 9.59 Å². The SMILES string of the molecule is C=C(C)C(=O)CCCC[N+](C)(C)CCCCCCCCCCCC[N+](C)(C)CCCNC(=O)C(=C)C.[Br-].[Br-]. The fraction of sp³-hybridized carbons (Fsp3) is 0.806. The Morgan fingerprint density at radius 2 is 0.895 bits per heavy atom. The Kier molecular flexibility index (Phi) is 26.9. The third-order valence-electron chi connectivity index (χ3n) is 7.28. The molecule has 0 rings (SSSR count). The van der Waals surface area contributed by atoms with Crippen molar-refractivity contribution in [2.75, 3.05) is 60.9 Å².